The van der Waals surface area contributed by atoms with Gasteiger partial charge in [-0.1, -0.05) is 0 Å². The second-order valence-corrected chi connectivity index (χ2v) is 4.26. The Morgan fingerprint density at radius 3 is 2.75 bits per heavy atom. The number of carboxylic acids is 1. The van der Waals surface area contributed by atoms with Gasteiger partial charge in [-0.2, -0.15) is 4.98 Å². The molecule has 0 aliphatic carbocycles. The zero-order valence-electron chi connectivity index (χ0n) is 11.1. The largest absolute Gasteiger partial charge is 0.478 e. The topological polar surface area (TPSA) is 85.2 Å². The molecule has 0 aromatic carbocycles. The van der Waals surface area contributed by atoms with E-state index in [0.29, 0.717) is 12.3 Å². The SMILES string of the molecule is Cc1nc(OCCCc2ccncc2)ncc1C(=O)O. The molecule has 2 aromatic rings. The number of carbonyl (C=O) groups is 1. The van der Waals surface area contributed by atoms with Crippen molar-refractivity contribution in [3.05, 3.63) is 47.5 Å². The summed E-state index contributed by atoms with van der Waals surface area (Å²) in [5.74, 6) is -1.04. The molecule has 2 rings (SSSR count). The Morgan fingerprint density at radius 2 is 2.10 bits per heavy atom. The first-order valence-electron chi connectivity index (χ1n) is 6.25. The summed E-state index contributed by atoms with van der Waals surface area (Å²) in [6.45, 7) is 2.10. The Balaban J connectivity index is 1.83. The van der Waals surface area contributed by atoms with Crippen molar-refractivity contribution in [3.63, 3.8) is 0 Å². The van der Waals surface area contributed by atoms with Crippen LogP contribution in [0.5, 0.6) is 6.01 Å². The van der Waals surface area contributed by atoms with Crippen LogP contribution in [-0.4, -0.2) is 32.6 Å². The molecule has 20 heavy (non-hydrogen) atoms. The first-order chi connectivity index (χ1) is 9.66. The average Bonchev–Trinajstić information content (AvgIpc) is 2.44. The highest BCUT2D eigenvalue weighted by atomic mass is 16.5. The molecule has 0 atom stereocenters. The molecule has 104 valence electrons. The van der Waals surface area contributed by atoms with E-state index in [2.05, 4.69) is 15.0 Å². The number of rotatable bonds is 6. The maximum absolute atomic E-state index is 10.8. The van der Waals surface area contributed by atoms with Crippen molar-refractivity contribution >= 4 is 5.97 Å². The molecule has 0 saturated heterocycles. The van der Waals surface area contributed by atoms with Crippen LogP contribution in [0.25, 0.3) is 0 Å². The summed E-state index contributed by atoms with van der Waals surface area (Å²) in [5, 5.41) is 8.87. The summed E-state index contributed by atoms with van der Waals surface area (Å²) in [6, 6.07) is 4.13. The van der Waals surface area contributed by atoms with Crippen LogP contribution in [0.3, 0.4) is 0 Å². The molecule has 2 aromatic heterocycles. The smallest absolute Gasteiger partial charge is 0.339 e. The summed E-state index contributed by atoms with van der Waals surface area (Å²) >= 11 is 0. The minimum Gasteiger partial charge on any atom is -0.478 e. The third-order valence-electron chi connectivity index (χ3n) is 2.78. The normalized spacial score (nSPS) is 10.2. The molecule has 0 aliphatic heterocycles. The van der Waals surface area contributed by atoms with Gasteiger partial charge in [-0.3, -0.25) is 4.98 Å². The van der Waals surface area contributed by atoms with Crippen LogP contribution in [-0.2, 0) is 6.42 Å². The lowest BCUT2D eigenvalue weighted by atomic mass is 10.1. The highest BCUT2D eigenvalue weighted by Gasteiger charge is 2.10. The fourth-order valence-electron chi connectivity index (χ4n) is 1.71. The van der Waals surface area contributed by atoms with E-state index in [1.54, 1.807) is 19.3 Å². The second kappa shape index (κ2) is 6.60. The molecule has 2 heterocycles. The third-order valence-corrected chi connectivity index (χ3v) is 2.78. The summed E-state index contributed by atoms with van der Waals surface area (Å²) < 4.78 is 5.41. The Hall–Kier alpha value is -2.50. The van der Waals surface area contributed by atoms with E-state index >= 15 is 0 Å². The summed E-state index contributed by atoms with van der Waals surface area (Å²) in [4.78, 5) is 22.7. The number of aryl methyl sites for hydroxylation is 2. The Kier molecular flexibility index (Phi) is 4.60. The van der Waals surface area contributed by atoms with Gasteiger partial charge in [-0.25, -0.2) is 9.78 Å². The second-order valence-electron chi connectivity index (χ2n) is 4.26. The Labute approximate surface area is 116 Å². The number of hydrogen-bond acceptors (Lipinski definition) is 5. The van der Waals surface area contributed by atoms with Crippen LogP contribution in [0.4, 0.5) is 0 Å². The molecule has 0 fully saturated rings. The summed E-state index contributed by atoms with van der Waals surface area (Å²) in [6.07, 6.45) is 6.49. The number of hydrogen-bond donors (Lipinski definition) is 1. The number of aromatic carboxylic acids is 1. The minimum absolute atomic E-state index is 0.0918. The van der Waals surface area contributed by atoms with Crippen molar-refractivity contribution in [1.29, 1.82) is 0 Å². The van der Waals surface area contributed by atoms with Crippen molar-refractivity contribution < 1.29 is 14.6 Å². The summed E-state index contributed by atoms with van der Waals surface area (Å²) in [5.41, 5.74) is 1.69. The van der Waals surface area contributed by atoms with Crippen LogP contribution in [0.15, 0.2) is 30.7 Å². The van der Waals surface area contributed by atoms with Gasteiger partial charge < -0.3 is 9.84 Å². The number of carboxylic acid groups (broad SMARTS) is 1. The van der Waals surface area contributed by atoms with Gasteiger partial charge in [-0.15, -0.1) is 0 Å². The van der Waals surface area contributed by atoms with Gasteiger partial charge >= 0.3 is 12.0 Å². The van der Waals surface area contributed by atoms with E-state index in [0.717, 1.165) is 12.8 Å². The lowest BCUT2D eigenvalue weighted by Crippen LogP contribution is -2.07. The minimum atomic E-state index is -1.04. The predicted octanol–water partition coefficient (Wildman–Crippen LogP) is 1.89. The lowest BCUT2D eigenvalue weighted by molar-refractivity contribution is 0.0695. The molecule has 1 N–H and O–H groups in total. The number of ether oxygens (including phenoxy) is 1. The van der Waals surface area contributed by atoms with Crippen LogP contribution in [0.1, 0.15) is 28.0 Å². The van der Waals surface area contributed by atoms with Crippen LogP contribution in [0.2, 0.25) is 0 Å². The molecular weight excluding hydrogens is 258 g/mol. The first kappa shape index (κ1) is 13.9. The maximum atomic E-state index is 10.8. The van der Waals surface area contributed by atoms with Crippen molar-refractivity contribution in [2.45, 2.75) is 19.8 Å². The maximum Gasteiger partial charge on any atom is 0.339 e. The molecule has 0 aliphatic rings. The van der Waals surface area contributed by atoms with Gasteiger partial charge in [0, 0.05) is 18.6 Å². The Morgan fingerprint density at radius 1 is 1.35 bits per heavy atom. The molecule has 6 heteroatoms. The predicted molar refractivity (Wildman–Crippen MR) is 71.8 cm³/mol. The zero-order chi connectivity index (χ0) is 14.4. The zero-order valence-corrected chi connectivity index (χ0v) is 11.1. The van der Waals surface area contributed by atoms with Gasteiger partial charge in [0.15, 0.2) is 0 Å². The van der Waals surface area contributed by atoms with Crippen LogP contribution in [0, 0.1) is 6.92 Å². The van der Waals surface area contributed by atoms with Gasteiger partial charge in [0.05, 0.1) is 17.9 Å². The van der Waals surface area contributed by atoms with Gasteiger partial charge in [0.25, 0.3) is 0 Å². The molecule has 0 bridgehead atoms. The van der Waals surface area contributed by atoms with Gasteiger partial charge in [-0.05, 0) is 37.5 Å². The van der Waals surface area contributed by atoms with Crippen molar-refractivity contribution in [2.24, 2.45) is 0 Å². The quantitative estimate of drug-likeness (QED) is 0.809. The van der Waals surface area contributed by atoms with Crippen LogP contribution < -0.4 is 4.74 Å². The molecule has 0 radical (unpaired) electrons. The van der Waals surface area contributed by atoms with E-state index in [9.17, 15) is 4.79 Å². The number of aromatic nitrogens is 3. The lowest BCUT2D eigenvalue weighted by Gasteiger charge is -2.06. The van der Waals surface area contributed by atoms with Crippen LogP contribution >= 0.6 is 0 Å². The fourth-order valence-corrected chi connectivity index (χ4v) is 1.71. The van der Waals surface area contributed by atoms with E-state index in [1.807, 2.05) is 12.1 Å². The first-order valence-corrected chi connectivity index (χ1v) is 6.25. The van der Waals surface area contributed by atoms with E-state index < -0.39 is 5.97 Å². The van der Waals surface area contributed by atoms with E-state index in [1.165, 1.54) is 11.8 Å². The molecular formula is C14H15N3O3. The molecule has 0 unspecified atom stereocenters. The standard InChI is InChI=1S/C14H15N3O3/c1-10-12(13(18)19)9-16-14(17-10)20-8-2-3-11-4-6-15-7-5-11/h4-7,9H,2-3,8H2,1H3,(H,18,19). The summed E-state index contributed by atoms with van der Waals surface area (Å²) in [7, 11) is 0. The number of nitrogens with zero attached hydrogens (tertiary/aromatic N) is 3. The van der Waals surface area contributed by atoms with Crippen molar-refractivity contribution in [1.82, 2.24) is 15.0 Å². The Bertz CT molecular complexity index is 587. The van der Waals surface area contributed by atoms with Crippen molar-refractivity contribution in [2.75, 3.05) is 6.61 Å². The molecule has 0 amide bonds. The number of pyridine rings is 1. The fraction of sp³-hybridized carbons (Fsp3) is 0.286. The third kappa shape index (κ3) is 3.74. The average molecular weight is 273 g/mol. The van der Waals surface area contributed by atoms with E-state index in [4.69, 9.17) is 9.84 Å². The van der Waals surface area contributed by atoms with Gasteiger partial charge in [0.2, 0.25) is 0 Å². The molecule has 0 saturated carbocycles. The van der Waals surface area contributed by atoms with Crippen molar-refractivity contribution in [3.8, 4) is 6.01 Å². The monoisotopic (exact) mass is 273 g/mol. The molecule has 6 nitrogen and oxygen atoms in total. The highest BCUT2D eigenvalue weighted by molar-refractivity contribution is 5.88. The molecule has 0 spiro atoms. The van der Waals surface area contributed by atoms with Gasteiger partial charge in [0.1, 0.15) is 0 Å². The highest BCUT2D eigenvalue weighted by Crippen LogP contribution is 2.09. The van der Waals surface area contributed by atoms with E-state index in [-0.39, 0.29) is 11.6 Å².